The van der Waals surface area contributed by atoms with Crippen molar-refractivity contribution in [2.75, 3.05) is 25.6 Å². The number of pyridine rings is 1. The Morgan fingerprint density at radius 3 is 2.77 bits per heavy atom. The van der Waals surface area contributed by atoms with Crippen molar-refractivity contribution in [1.82, 2.24) is 4.98 Å². The summed E-state index contributed by atoms with van der Waals surface area (Å²) in [7, 11) is 1.64. The Kier molecular flexibility index (Phi) is 6.38. The van der Waals surface area contributed by atoms with Gasteiger partial charge in [-0.05, 0) is 47.2 Å². The first kappa shape index (κ1) is 17.0. The molecule has 0 aliphatic rings. The highest BCUT2D eigenvalue weighted by atomic mass is 127. The van der Waals surface area contributed by atoms with Gasteiger partial charge in [0.1, 0.15) is 18.2 Å². The second-order valence-corrected chi connectivity index (χ2v) is 6.04. The summed E-state index contributed by atoms with van der Waals surface area (Å²) < 4.78 is 24.8. The molecule has 0 unspecified atom stereocenters. The molecule has 0 amide bonds. The zero-order chi connectivity index (χ0) is 15.9. The van der Waals surface area contributed by atoms with E-state index in [1.807, 2.05) is 25.1 Å². The Labute approximate surface area is 143 Å². The molecule has 0 fully saturated rings. The van der Waals surface area contributed by atoms with Gasteiger partial charge in [-0.2, -0.15) is 4.39 Å². The monoisotopic (exact) mass is 416 g/mol. The first-order chi connectivity index (χ1) is 10.6. The molecule has 2 aromatic rings. The molecule has 0 saturated heterocycles. The van der Waals surface area contributed by atoms with Gasteiger partial charge in [-0.15, -0.1) is 0 Å². The van der Waals surface area contributed by atoms with Crippen molar-refractivity contribution < 1.29 is 13.9 Å². The van der Waals surface area contributed by atoms with Gasteiger partial charge in [0.05, 0.1) is 6.61 Å². The third kappa shape index (κ3) is 5.10. The van der Waals surface area contributed by atoms with Crippen LogP contribution in [0.2, 0.25) is 0 Å². The minimum Gasteiger partial charge on any atom is -0.491 e. The van der Waals surface area contributed by atoms with Crippen molar-refractivity contribution in [1.29, 1.82) is 0 Å². The normalized spacial score (nSPS) is 10.5. The van der Waals surface area contributed by atoms with Gasteiger partial charge in [0.25, 0.3) is 0 Å². The summed E-state index contributed by atoms with van der Waals surface area (Å²) in [6, 6.07) is 9.17. The minimum absolute atomic E-state index is 0.489. The quantitative estimate of drug-likeness (QED) is 0.424. The summed E-state index contributed by atoms with van der Waals surface area (Å²) in [6.45, 7) is 3.54. The van der Waals surface area contributed by atoms with Crippen LogP contribution in [0, 0.1) is 16.4 Å². The van der Waals surface area contributed by atoms with Gasteiger partial charge in [0, 0.05) is 28.9 Å². The van der Waals surface area contributed by atoms with Crippen LogP contribution in [0.25, 0.3) is 0 Å². The Morgan fingerprint density at radius 2 is 2.05 bits per heavy atom. The molecule has 0 aliphatic heterocycles. The summed E-state index contributed by atoms with van der Waals surface area (Å²) in [6.07, 6.45) is 0. The number of rotatable bonds is 7. The number of methoxy groups -OCH3 is 1. The number of ether oxygens (including phenoxy) is 2. The third-order valence-electron chi connectivity index (χ3n) is 2.99. The molecule has 4 nitrogen and oxygen atoms in total. The summed E-state index contributed by atoms with van der Waals surface area (Å²) in [5, 5.41) is 3.13. The molecule has 1 aromatic carbocycles. The maximum absolute atomic E-state index is 13.3. The van der Waals surface area contributed by atoms with Crippen LogP contribution in [-0.2, 0) is 11.3 Å². The maximum Gasteiger partial charge on any atom is 0.215 e. The van der Waals surface area contributed by atoms with E-state index in [1.165, 1.54) is 6.07 Å². The summed E-state index contributed by atoms with van der Waals surface area (Å²) in [5.74, 6) is 0.818. The van der Waals surface area contributed by atoms with Crippen molar-refractivity contribution in [2.24, 2.45) is 0 Å². The van der Waals surface area contributed by atoms with Crippen molar-refractivity contribution in [3.63, 3.8) is 0 Å². The molecule has 0 spiro atoms. The Morgan fingerprint density at radius 1 is 1.23 bits per heavy atom. The van der Waals surface area contributed by atoms with Crippen molar-refractivity contribution in [2.45, 2.75) is 13.5 Å². The highest BCUT2D eigenvalue weighted by Crippen LogP contribution is 2.22. The molecule has 0 saturated carbocycles. The zero-order valence-corrected chi connectivity index (χ0v) is 14.7. The summed E-state index contributed by atoms with van der Waals surface area (Å²) >= 11 is 2.06. The molecule has 118 valence electrons. The van der Waals surface area contributed by atoms with Gasteiger partial charge >= 0.3 is 0 Å². The van der Waals surface area contributed by atoms with Crippen molar-refractivity contribution in [3.05, 3.63) is 51.0 Å². The number of aromatic nitrogens is 1. The zero-order valence-electron chi connectivity index (χ0n) is 12.5. The average Bonchev–Trinajstić information content (AvgIpc) is 2.46. The van der Waals surface area contributed by atoms with E-state index in [0.29, 0.717) is 25.6 Å². The minimum atomic E-state index is -0.491. The van der Waals surface area contributed by atoms with E-state index >= 15 is 0 Å². The van der Waals surface area contributed by atoms with Crippen molar-refractivity contribution in [3.8, 4) is 5.75 Å². The maximum atomic E-state index is 13.3. The molecule has 1 aromatic heterocycles. The van der Waals surface area contributed by atoms with E-state index in [-0.39, 0.29) is 0 Å². The predicted octanol–water partition coefficient (Wildman–Crippen LogP) is 3.77. The lowest BCUT2D eigenvalue weighted by Gasteiger charge is -2.13. The van der Waals surface area contributed by atoms with Crippen LogP contribution in [0.15, 0.2) is 30.3 Å². The number of anilines is 1. The van der Waals surface area contributed by atoms with Gasteiger partial charge in [-0.25, -0.2) is 4.98 Å². The van der Waals surface area contributed by atoms with Crippen LogP contribution in [0.3, 0.4) is 0 Å². The number of nitrogens with one attached hydrogen (secondary N) is 1. The summed E-state index contributed by atoms with van der Waals surface area (Å²) in [5.41, 5.74) is 2.11. The molecule has 0 atom stereocenters. The number of benzene rings is 1. The number of hydrogen-bond donors (Lipinski definition) is 1. The second kappa shape index (κ2) is 8.28. The Balaban J connectivity index is 2.07. The van der Waals surface area contributed by atoms with Crippen molar-refractivity contribution >= 4 is 28.4 Å². The molecule has 6 heteroatoms. The van der Waals surface area contributed by atoms with Crippen LogP contribution < -0.4 is 10.1 Å². The number of hydrogen-bond acceptors (Lipinski definition) is 4. The van der Waals surface area contributed by atoms with Gasteiger partial charge in [-0.1, -0.05) is 12.1 Å². The van der Waals surface area contributed by atoms with Gasteiger partial charge < -0.3 is 14.8 Å². The van der Waals surface area contributed by atoms with Crippen LogP contribution in [-0.4, -0.2) is 25.3 Å². The molecule has 0 bridgehead atoms. The van der Waals surface area contributed by atoms with E-state index in [0.717, 1.165) is 20.4 Å². The van der Waals surface area contributed by atoms with Crippen LogP contribution in [0.1, 0.15) is 11.1 Å². The second-order valence-electron chi connectivity index (χ2n) is 4.80. The molecule has 1 heterocycles. The Bertz CT molecular complexity index is 617. The fourth-order valence-corrected chi connectivity index (χ4v) is 2.47. The SMILES string of the molecule is COCCOc1cc(C)ccc1CNc1cc(I)cc(F)n1. The van der Waals surface area contributed by atoms with Gasteiger partial charge in [0.2, 0.25) is 5.95 Å². The third-order valence-corrected chi connectivity index (χ3v) is 3.61. The molecular formula is C16H18FIN2O2. The fraction of sp³-hybridized carbons (Fsp3) is 0.312. The molecule has 2 rings (SSSR count). The topological polar surface area (TPSA) is 43.4 Å². The number of nitrogens with zero attached hydrogens (tertiary/aromatic N) is 1. The highest BCUT2D eigenvalue weighted by Gasteiger charge is 2.06. The average molecular weight is 416 g/mol. The van der Waals surface area contributed by atoms with Crippen LogP contribution in [0.4, 0.5) is 10.2 Å². The number of aryl methyl sites for hydroxylation is 1. The summed E-state index contributed by atoms with van der Waals surface area (Å²) in [4.78, 5) is 3.83. The lowest BCUT2D eigenvalue weighted by atomic mass is 10.1. The van der Waals surface area contributed by atoms with Gasteiger partial charge in [-0.3, -0.25) is 0 Å². The van der Waals surface area contributed by atoms with E-state index < -0.39 is 5.95 Å². The van der Waals surface area contributed by atoms with Crippen LogP contribution in [0.5, 0.6) is 5.75 Å². The van der Waals surface area contributed by atoms with E-state index in [4.69, 9.17) is 9.47 Å². The van der Waals surface area contributed by atoms with Crippen LogP contribution >= 0.6 is 22.6 Å². The van der Waals surface area contributed by atoms with E-state index in [9.17, 15) is 4.39 Å². The highest BCUT2D eigenvalue weighted by molar-refractivity contribution is 14.1. The largest absolute Gasteiger partial charge is 0.491 e. The van der Waals surface area contributed by atoms with E-state index in [2.05, 4.69) is 32.9 Å². The molecule has 0 radical (unpaired) electrons. The standard InChI is InChI=1S/C16H18FIN2O2/c1-11-3-4-12(14(7-11)22-6-5-21-2)10-19-16-9-13(18)8-15(17)20-16/h3-4,7-9H,5-6,10H2,1-2H3,(H,19,20). The first-order valence-corrected chi connectivity index (χ1v) is 7.94. The molecule has 22 heavy (non-hydrogen) atoms. The Hall–Kier alpha value is -1.41. The molecule has 0 aliphatic carbocycles. The first-order valence-electron chi connectivity index (χ1n) is 6.86. The molecular weight excluding hydrogens is 398 g/mol. The lowest BCUT2D eigenvalue weighted by molar-refractivity contribution is 0.146. The fourth-order valence-electron chi connectivity index (χ4n) is 1.92. The van der Waals surface area contributed by atoms with E-state index in [1.54, 1.807) is 13.2 Å². The lowest BCUT2D eigenvalue weighted by Crippen LogP contribution is -2.09. The smallest absolute Gasteiger partial charge is 0.215 e. The molecule has 1 N–H and O–H groups in total. The number of halogens is 2. The predicted molar refractivity (Wildman–Crippen MR) is 92.8 cm³/mol. The van der Waals surface area contributed by atoms with Gasteiger partial charge in [0.15, 0.2) is 0 Å².